The van der Waals surface area contributed by atoms with E-state index in [1.807, 2.05) is 18.2 Å². The third kappa shape index (κ3) is 2.16. The predicted octanol–water partition coefficient (Wildman–Crippen LogP) is 3.66. The zero-order valence-corrected chi connectivity index (χ0v) is 11.5. The van der Waals surface area contributed by atoms with Crippen LogP contribution in [0.25, 0.3) is 10.8 Å². The van der Waals surface area contributed by atoms with Crippen LogP contribution in [0.4, 0.5) is 5.82 Å². The third-order valence-electron chi connectivity index (χ3n) is 4.03. The summed E-state index contributed by atoms with van der Waals surface area (Å²) < 4.78 is 0. The highest BCUT2D eigenvalue weighted by molar-refractivity contribution is 6.34. The van der Waals surface area contributed by atoms with Gasteiger partial charge in [-0.1, -0.05) is 35.9 Å². The first-order valence-electron chi connectivity index (χ1n) is 7.00. The second-order valence-electron chi connectivity index (χ2n) is 5.69. The van der Waals surface area contributed by atoms with Crippen molar-refractivity contribution in [3.8, 4) is 0 Å². The largest absolute Gasteiger partial charge is 0.351 e. The topological polar surface area (TPSA) is 29.0 Å². The Morgan fingerprint density at radius 2 is 1.79 bits per heavy atom. The van der Waals surface area contributed by atoms with Crippen molar-refractivity contribution in [2.75, 3.05) is 11.4 Å². The van der Waals surface area contributed by atoms with Crippen molar-refractivity contribution in [3.63, 3.8) is 0 Å². The summed E-state index contributed by atoms with van der Waals surface area (Å²) >= 11 is 6.15. The Hall–Kier alpha value is -1.35. The van der Waals surface area contributed by atoms with Gasteiger partial charge in [0, 0.05) is 23.4 Å². The third-order valence-corrected chi connectivity index (χ3v) is 4.31. The Morgan fingerprint density at radius 3 is 2.47 bits per heavy atom. The quantitative estimate of drug-likeness (QED) is 0.851. The number of nitrogens with zero attached hydrogens (tertiary/aromatic N) is 3. The van der Waals surface area contributed by atoms with E-state index in [0.29, 0.717) is 11.2 Å². The van der Waals surface area contributed by atoms with Gasteiger partial charge in [0.25, 0.3) is 0 Å². The van der Waals surface area contributed by atoms with Gasteiger partial charge in [0.05, 0.1) is 0 Å². The van der Waals surface area contributed by atoms with Gasteiger partial charge in [0.1, 0.15) is 0 Å². The van der Waals surface area contributed by atoms with Crippen molar-refractivity contribution in [2.24, 2.45) is 5.92 Å². The Balaban J connectivity index is 1.81. The number of hydrogen-bond acceptors (Lipinski definition) is 3. The zero-order valence-electron chi connectivity index (χ0n) is 10.7. The lowest BCUT2D eigenvalue weighted by Crippen LogP contribution is -2.29. The van der Waals surface area contributed by atoms with Crippen LogP contribution in [0.5, 0.6) is 0 Å². The molecule has 0 amide bonds. The first-order valence-corrected chi connectivity index (χ1v) is 7.38. The van der Waals surface area contributed by atoms with E-state index >= 15 is 0 Å². The molecule has 0 N–H and O–H groups in total. The van der Waals surface area contributed by atoms with E-state index in [1.165, 1.54) is 25.7 Å². The van der Waals surface area contributed by atoms with E-state index in [0.717, 1.165) is 29.1 Å². The lowest BCUT2D eigenvalue weighted by molar-refractivity contribution is 0.705. The maximum absolute atomic E-state index is 6.15. The first kappa shape index (κ1) is 11.5. The van der Waals surface area contributed by atoms with Crippen LogP contribution in [0.15, 0.2) is 24.3 Å². The average molecular weight is 274 g/mol. The van der Waals surface area contributed by atoms with Crippen LogP contribution >= 0.6 is 11.6 Å². The molecular weight excluding hydrogens is 258 g/mol. The molecule has 2 aliphatic rings. The number of anilines is 1. The molecule has 3 nitrogen and oxygen atoms in total. The van der Waals surface area contributed by atoms with Gasteiger partial charge in [-0.05, 0) is 31.6 Å². The summed E-state index contributed by atoms with van der Waals surface area (Å²) in [5, 5.41) is 11.2. The number of fused-ring (bicyclic) bond motifs is 1. The Bertz CT molecular complexity index is 620. The van der Waals surface area contributed by atoms with E-state index in [-0.39, 0.29) is 0 Å². The van der Waals surface area contributed by atoms with Gasteiger partial charge in [-0.3, -0.25) is 0 Å². The summed E-state index contributed by atoms with van der Waals surface area (Å²) in [4.78, 5) is 2.46. The standard InChI is InChI=1S/C15H16ClN3/c16-14-12-3-1-2-4-13(12)15(18-17-14)19(11-7-8-11)9-10-5-6-10/h1-4,10-11H,5-9H2. The van der Waals surface area contributed by atoms with Gasteiger partial charge in [-0.2, -0.15) is 0 Å². The van der Waals surface area contributed by atoms with Crippen LogP contribution in [0.1, 0.15) is 25.7 Å². The summed E-state index contributed by atoms with van der Waals surface area (Å²) in [6, 6.07) is 8.85. The van der Waals surface area contributed by atoms with Gasteiger partial charge < -0.3 is 4.90 Å². The number of halogens is 1. The van der Waals surface area contributed by atoms with Gasteiger partial charge >= 0.3 is 0 Å². The molecule has 0 spiro atoms. The molecule has 98 valence electrons. The zero-order chi connectivity index (χ0) is 12.8. The number of aromatic nitrogens is 2. The summed E-state index contributed by atoms with van der Waals surface area (Å²) in [6.45, 7) is 1.13. The van der Waals surface area contributed by atoms with Crippen molar-refractivity contribution in [3.05, 3.63) is 29.4 Å². The monoisotopic (exact) mass is 273 g/mol. The molecule has 0 aliphatic heterocycles. The Labute approximate surface area is 117 Å². The highest BCUT2D eigenvalue weighted by Gasteiger charge is 2.35. The van der Waals surface area contributed by atoms with Crippen LogP contribution in [-0.2, 0) is 0 Å². The molecule has 19 heavy (non-hydrogen) atoms. The second kappa shape index (κ2) is 4.34. The minimum atomic E-state index is 0.501. The molecule has 1 aromatic heterocycles. The minimum absolute atomic E-state index is 0.501. The van der Waals surface area contributed by atoms with Crippen molar-refractivity contribution in [1.82, 2.24) is 10.2 Å². The second-order valence-corrected chi connectivity index (χ2v) is 6.04. The van der Waals surface area contributed by atoms with Crippen LogP contribution in [0, 0.1) is 5.92 Å². The molecule has 4 rings (SSSR count). The molecular formula is C15H16ClN3. The molecule has 1 heterocycles. The maximum atomic E-state index is 6.15. The molecule has 2 fully saturated rings. The van der Waals surface area contributed by atoms with E-state index in [2.05, 4.69) is 21.2 Å². The van der Waals surface area contributed by atoms with Crippen molar-refractivity contribution < 1.29 is 0 Å². The normalized spacial score (nSPS) is 18.8. The molecule has 0 atom stereocenters. The molecule has 0 bridgehead atoms. The van der Waals surface area contributed by atoms with Gasteiger partial charge in [0.2, 0.25) is 0 Å². The average Bonchev–Trinajstić information content (AvgIpc) is 3.30. The van der Waals surface area contributed by atoms with Crippen LogP contribution < -0.4 is 4.90 Å². The summed E-state index contributed by atoms with van der Waals surface area (Å²) in [5.74, 6) is 1.88. The summed E-state index contributed by atoms with van der Waals surface area (Å²) in [7, 11) is 0. The van der Waals surface area contributed by atoms with E-state index < -0.39 is 0 Å². The Kier molecular flexibility index (Phi) is 2.62. The van der Waals surface area contributed by atoms with Crippen molar-refractivity contribution in [1.29, 1.82) is 0 Å². The van der Waals surface area contributed by atoms with E-state index in [9.17, 15) is 0 Å². The van der Waals surface area contributed by atoms with Gasteiger partial charge in [-0.25, -0.2) is 0 Å². The first-order chi connectivity index (χ1) is 9.33. The van der Waals surface area contributed by atoms with Crippen molar-refractivity contribution >= 4 is 28.2 Å². The molecule has 0 saturated heterocycles. The van der Waals surface area contributed by atoms with Crippen LogP contribution in [-0.4, -0.2) is 22.8 Å². The fourth-order valence-electron chi connectivity index (χ4n) is 2.64. The molecule has 0 radical (unpaired) electrons. The van der Waals surface area contributed by atoms with Crippen LogP contribution in [0.3, 0.4) is 0 Å². The van der Waals surface area contributed by atoms with Gasteiger partial charge in [0.15, 0.2) is 11.0 Å². The SMILES string of the molecule is Clc1nnc(N(CC2CC2)C2CC2)c2ccccc12. The Morgan fingerprint density at radius 1 is 1.05 bits per heavy atom. The molecule has 2 aliphatic carbocycles. The van der Waals surface area contributed by atoms with E-state index in [1.54, 1.807) is 0 Å². The predicted molar refractivity (Wildman–Crippen MR) is 77.6 cm³/mol. The highest BCUT2D eigenvalue weighted by Crippen LogP contribution is 2.39. The number of benzene rings is 1. The molecule has 2 aromatic rings. The lowest BCUT2D eigenvalue weighted by Gasteiger charge is -2.24. The van der Waals surface area contributed by atoms with Crippen molar-refractivity contribution in [2.45, 2.75) is 31.7 Å². The fraction of sp³-hybridized carbons (Fsp3) is 0.467. The minimum Gasteiger partial charge on any atom is -0.351 e. The highest BCUT2D eigenvalue weighted by atomic mass is 35.5. The molecule has 2 saturated carbocycles. The molecule has 1 aromatic carbocycles. The number of hydrogen-bond donors (Lipinski definition) is 0. The number of rotatable bonds is 4. The molecule has 0 unspecified atom stereocenters. The smallest absolute Gasteiger partial charge is 0.159 e. The van der Waals surface area contributed by atoms with Gasteiger partial charge in [-0.15, -0.1) is 10.2 Å². The fourth-order valence-corrected chi connectivity index (χ4v) is 2.85. The maximum Gasteiger partial charge on any atom is 0.159 e. The van der Waals surface area contributed by atoms with E-state index in [4.69, 9.17) is 11.6 Å². The molecule has 4 heteroatoms. The lowest BCUT2D eigenvalue weighted by atomic mass is 10.1. The van der Waals surface area contributed by atoms with Crippen LogP contribution in [0.2, 0.25) is 5.15 Å². The summed E-state index contributed by atoms with van der Waals surface area (Å²) in [5.41, 5.74) is 0. The summed E-state index contributed by atoms with van der Waals surface area (Å²) in [6.07, 6.45) is 5.29.